The Labute approximate surface area is 144 Å². The Morgan fingerprint density at radius 2 is 1.74 bits per heavy atom. The van der Waals surface area contributed by atoms with E-state index in [9.17, 15) is 4.79 Å². The third-order valence-electron chi connectivity index (χ3n) is 6.69. The van der Waals surface area contributed by atoms with Crippen LogP contribution in [-0.4, -0.2) is 11.9 Å². The lowest BCUT2D eigenvalue weighted by Gasteiger charge is -2.59. The second kappa shape index (κ2) is 5.81. The van der Waals surface area contributed by atoms with E-state index < -0.39 is 0 Å². The van der Waals surface area contributed by atoms with Gasteiger partial charge in [-0.25, -0.2) is 0 Å². The van der Waals surface area contributed by atoms with Crippen LogP contribution in [0.3, 0.4) is 0 Å². The van der Waals surface area contributed by atoms with E-state index in [2.05, 4.69) is 12.2 Å². The van der Waals surface area contributed by atoms with E-state index in [4.69, 9.17) is 11.6 Å². The number of halogens is 1. The Morgan fingerprint density at radius 3 is 2.30 bits per heavy atom. The number of carbonyl (C=O) groups is 1. The molecular weight excluding hydrogens is 306 g/mol. The molecular formula is C20H26ClNO. The van der Waals surface area contributed by atoms with Crippen LogP contribution in [0.2, 0.25) is 5.02 Å². The first-order valence-corrected chi connectivity index (χ1v) is 9.45. The van der Waals surface area contributed by atoms with Crippen LogP contribution in [0.25, 0.3) is 0 Å². The van der Waals surface area contributed by atoms with E-state index in [1.807, 2.05) is 24.3 Å². The maximum Gasteiger partial charge on any atom is 0.224 e. The fourth-order valence-electron chi connectivity index (χ4n) is 5.97. The van der Waals surface area contributed by atoms with Crippen molar-refractivity contribution in [2.75, 3.05) is 0 Å². The first-order valence-electron chi connectivity index (χ1n) is 9.07. The van der Waals surface area contributed by atoms with Crippen LogP contribution in [0.1, 0.15) is 51.0 Å². The number of hydrogen-bond acceptors (Lipinski definition) is 1. The fraction of sp³-hybridized carbons (Fsp3) is 0.650. The van der Waals surface area contributed by atoms with Crippen LogP contribution in [0.15, 0.2) is 24.3 Å². The van der Waals surface area contributed by atoms with E-state index in [0.29, 0.717) is 16.9 Å². The monoisotopic (exact) mass is 331 g/mol. The van der Waals surface area contributed by atoms with E-state index in [-0.39, 0.29) is 11.9 Å². The number of hydrogen-bond donors (Lipinski definition) is 1. The molecule has 1 aromatic carbocycles. The molecule has 4 saturated carbocycles. The van der Waals surface area contributed by atoms with Crippen LogP contribution in [0.4, 0.5) is 0 Å². The molecule has 124 valence electrons. The predicted octanol–water partition coefficient (Wildman–Crippen LogP) is 4.60. The minimum atomic E-state index is 0.112. The molecule has 4 aliphatic rings. The zero-order valence-corrected chi connectivity index (χ0v) is 14.6. The number of carbonyl (C=O) groups excluding carboxylic acids is 1. The lowest BCUT2D eigenvalue weighted by molar-refractivity contribution is -0.125. The van der Waals surface area contributed by atoms with Gasteiger partial charge in [0.25, 0.3) is 0 Å². The third-order valence-corrected chi connectivity index (χ3v) is 7.06. The van der Waals surface area contributed by atoms with Crippen LogP contribution in [0, 0.1) is 23.2 Å². The third kappa shape index (κ3) is 2.91. The molecule has 1 atom stereocenters. The van der Waals surface area contributed by atoms with Crippen LogP contribution >= 0.6 is 11.6 Å². The summed E-state index contributed by atoms with van der Waals surface area (Å²) in [6, 6.07) is 7.92. The van der Waals surface area contributed by atoms with Crippen molar-refractivity contribution in [3.63, 3.8) is 0 Å². The van der Waals surface area contributed by atoms with Gasteiger partial charge in [-0.15, -0.1) is 0 Å². The first-order chi connectivity index (χ1) is 11.0. The largest absolute Gasteiger partial charge is 0.353 e. The minimum absolute atomic E-state index is 0.112. The number of benzene rings is 1. The molecule has 0 spiro atoms. The summed E-state index contributed by atoms with van der Waals surface area (Å²) in [5.41, 5.74) is 1.29. The molecule has 4 bridgehead atoms. The lowest BCUT2D eigenvalue weighted by Crippen LogP contribution is -2.56. The molecule has 1 amide bonds. The molecule has 3 heteroatoms. The molecule has 2 nitrogen and oxygen atoms in total. The molecule has 1 aromatic rings. The maximum absolute atomic E-state index is 12.5. The molecule has 5 rings (SSSR count). The molecule has 0 aliphatic heterocycles. The molecule has 23 heavy (non-hydrogen) atoms. The summed E-state index contributed by atoms with van der Waals surface area (Å²) in [5.74, 6) is 2.87. The summed E-state index contributed by atoms with van der Waals surface area (Å²) < 4.78 is 0. The van der Waals surface area contributed by atoms with Crippen molar-refractivity contribution in [3.05, 3.63) is 34.9 Å². The second-order valence-corrected chi connectivity index (χ2v) is 8.74. The Balaban J connectivity index is 1.43. The summed E-state index contributed by atoms with van der Waals surface area (Å²) in [6.07, 6.45) is 8.70. The molecule has 1 unspecified atom stereocenters. The molecule has 4 aliphatic carbocycles. The van der Waals surface area contributed by atoms with Crippen molar-refractivity contribution >= 4 is 17.5 Å². The van der Waals surface area contributed by atoms with Gasteiger partial charge in [0.2, 0.25) is 5.91 Å². The standard InChI is InChI=1S/C20H26ClNO/c1-13(22-19(23)9-17-4-2-3-5-18(17)21)20-10-14-6-15(11-20)8-16(7-14)12-20/h2-5,13-16H,6-12H2,1H3,(H,22,23). The molecule has 4 fully saturated rings. The van der Waals surface area contributed by atoms with E-state index >= 15 is 0 Å². The van der Waals surface area contributed by atoms with Gasteiger partial charge in [0.1, 0.15) is 0 Å². The van der Waals surface area contributed by atoms with Crippen molar-refractivity contribution in [1.82, 2.24) is 5.32 Å². The summed E-state index contributed by atoms with van der Waals surface area (Å²) in [4.78, 5) is 12.5. The summed E-state index contributed by atoms with van der Waals surface area (Å²) in [6.45, 7) is 2.23. The Bertz CT molecular complexity index is 576. The predicted molar refractivity (Wildman–Crippen MR) is 93.4 cm³/mol. The highest BCUT2D eigenvalue weighted by atomic mass is 35.5. The fourth-order valence-corrected chi connectivity index (χ4v) is 6.17. The van der Waals surface area contributed by atoms with Crippen molar-refractivity contribution in [1.29, 1.82) is 0 Å². The van der Waals surface area contributed by atoms with Gasteiger partial charge in [-0.1, -0.05) is 29.8 Å². The highest BCUT2D eigenvalue weighted by Crippen LogP contribution is 2.61. The van der Waals surface area contributed by atoms with Gasteiger partial charge < -0.3 is 5.32 Å². The van der Waals surface area contributed by atoms with Gasteiger partial charge in [-0.3, -0.25) is 4.79 Å². The second-order valence-electron chi connectivity index (χ2n) is 8.34. The van der Waals surface area contributed by atoms with E-state index in [0.717, 1.165) is 23.3 Å². The lowest BCUT2D eigenvalue weighted by atomic mass is 9.48. The molecule has 0 saturated heterocycles. The average Bonchev–Trinajstić information content (AvgIpc) is 2.48. The summed E-state index contributed by atoms with van der Waals surface area (Å²) in [5, 5.41) is 4.00. The van der Waals surface area contributed by atoms with Gasteiger partial charge in [0, 0.05) is 11.1 Å². The Hall–Kier alpha value is -1.02. The van der Waals surface area contributed by atoms with E-state index in [1.54, 1.807) is 0 Å². The normalized spacial score (nSPS) is 36.0. The highest BCUT2D eigenvalue weighted by molar-refractivity contribution is 6.31. The number of rotatable bonds is 4. The van der Waals surface area contributed by atoms with Gasteiger partial charge in [0.15, 0.2) is 0 Å². The zero-order chi connectivity index (χ0) is 16.0. The van der Waals surface area contributed by atoms with Crippen molar-refractivity contribution < 1.29 is 4.79 Å². The molecule has 0 aromatic heterocycles. The number of amides is 1. The Kier molecular flexibility index (Phi) is 3.91. The summed E-state index contributed by atoms with van der Waals surface area (Å²) >= 11 is 6.18. The van der Waals surface area contributed by atoms with Crippen molar-refractivity contribution in [3.8, 4) is 0 Å². The van der Waals surface area contributed by atoms with Gasteiger partial charge >= 0.3 is 0 Å². The minimum Gasteiger partial charge on any atom is -0.353 e. The van der Waals surface area contributed by atoms with Crippen LogP contribution < -0.4 is 5.32 Å². The van der Waals surface area contributed by atoms with Gasteiger partial charge in [0.05, 0.1) is 6.42 Å². The average molecular weight is 332 g/mol. The zero-order valence-electron chi connectivity index (χ0n) is 13.9. The smallest absolute Gasteiger partial charge is 0.224 e. The van der Waals surface area contributed by atoms with Crippen molar-refractivity contribution in [2.45, 2.75) is 57.9 Å². The molecule has 0 heterocycles. The quantitative estimate of drug-likeness (QED) is 0.858. The van der Waals surface area contributed by atoms with E-state index in [1.165, 1.54) is 38.5 Å². The van der Waals surface area contributed by atoms with Gasteiger partial charge in [-0.2, -0.15) is 0 Å². The SMILES string of the molecule is CC(NC(=O)Cc1ccccc1Cl)C12CC3CC(CC(C3)C1)C2. The maximum atomic E-state index is 12.5. The molecule has 0 radical (unpaired) electrons. The highest BCUT2D eigenvalue weighted by Gasteiger charge is 2.53. The Morgan fingerprint density at radius 1 is 1.17 bits per heavy atom. The van der Waals surface area contributed by atoms with Crippen molar-refractivity contribution in [2.24, 2.45) is 23.2 Å². The van der Waals surface area contributed by atoms with Gasteiger partial charge in [-0.05, 0) is 80.2 Å². The summed E-state index contributed by atoms with van der Waals surface area (Å²) in [7, 11) is 0. The van der Waals surface area contributed by atoms with Crippen LogP contribution in [-0.2, 0) is 11.2 Å². The topological polar surface area (TPSA) is 29.1 Å². The van der Waals surface area contributed by atoms with Crippen LogP contribution in [0.5, 0.6) is 0 Å². The molecule has 1 N–H and O–H groups in total. The number of nitrogens with one attached hydrogen (secondary N) is 1. The first kappa shape index (κ1) is 15.5.